The molecule has 0 unspecified atom stereocenters. The van der Waals surface area contributed by atoms with Crippen LogP contribution in [0.1, 0.15) is 6.92 Å². The van der Waals surface area contributed by atoms with Crippen molar-refractivity contribution in [1.82, 2.24) is 0 Å². The van der Waals surface area contributed by atoms with Gasteiger partial charge in [0.15, 0.2) is 0 Å². The molecule has 0 aliphatic rings. The van der Waals surface area contributed by atoms with Gasteiger partial charge in [-0.25, -0.2) is 0 Å². The van der Waals surface area contributed by atoms with Crippen molar-refractivity contribution in [3.63, 3.8) is 0 Å². The van der Waals surface area contributed by atoms with Crippen LogP contribution in [0.4, 0.5) is 0 Å². The molecule has 0 radical (unpaired) electrons. The Labute approximate surface area is 29.7 Å². The molecule has 3 nitrogen and oxygen atoms in total. The molecule has 0 saturated carbocycles. The molecule has 0 spiro atoms. The highest BCUT2D eigenvalue weighted by atomic mass is 16.8. The zero-order valence-corrected chi connectivity index (χ0v) is 2.88. The lowest BCUT2D eigenvalue weighted by Crippen LogP contribution is -1.91. The molecule has 5 heavy (non-hydrogen) atoms. The molecule has 0 rings (SSSR count). The molecule has 0 bridgehead atoms. The Balaban J connectivity index is 3.14. The third kappa shape index (κ3) is 3.27. The summed E-state index contributed by atoms with van der Waals surface area (Å²) in [5, 5.41) is 16.8. The van der Waals surface area contributed by atoms with Crippen LogP contribution in [0.2, 0.25) is 0 Å². The fourth-order valence-corrected chi connectivity index (χ4v) is 0. The van der Waals surface area contributed by atoms with Crippen LogP contribution in [0.25, 0.3) is 0 Å². The van der Waals surface area contributed by atoms with E-state index < -0.39 is 0 Å². The molecular weight excluding hydrogens is 70.0 g/mol. The van der Waals surface area contributed by atoms with Gasteiger partial charge in [-0.15, -0.1) is 0 Å². The fraction of sp³-hybridized carbons (Fsp3) is 0.500. The lowest BCUT2D eigenvalue weighted by molar-refractivity contribution is -0.723. The normalized spacial score (nSPS) is 11.8. The Morgan fingerprint density at radius 3 is 2.20 bits per heavy atom. The maximum atomic E-state index is 9.23. The van der Waals surface area contributed by atoms with Gasteiger partial charge >= 0.3 is 0 Å². The minimum atomic E-state index is -0.250. The predicted octanol–water partition coefficient (Wildman–Crippen LogP) is -0.0234. The van der Waals surface area contributed by atoms with Crippen molar-refractivity contribution in [2.75, 3.05) is 0 Å². The van der Waals surface area contributed by atoms with Crippen LogP contribution < -0.4 is 0 Å². The Hall–Kier alpha value is -0.730. The van der Waals surface area contributed by atoms with Gasteiger partial charge < -0.3 is 5.21 Å². The minimum Gasteiger partial charge on any atom is -0.418 e. The molecule has 0 aliphatic carbocycles. The van der Waals surface area contributed by atoms with Crippen molar-refractivity contribution in [3.05, 3.63) is 5.21 Å². The minimum absolute atomic E-state index is 0.250. The molecule has 3 heteroatoms. The molecule has 0 amide bonds. The van der Waals surface area contributed by atoms with Crippen LogP contribution in [-0.2, 0) is 0 Å². The molecule has 0 atom stereocenters. The summed E-state index contributed by atoms with van der Waals surface area (Å²) in [6.45, 7) is 1.44. The maximum Gasteiger partial charge on any atom is 0.206 e. The van der Waals surface area contributed by atoms with Gasteiger partial charge in [0.05, 0.1) is 0 Å². The highest BCUT2D eigenvalue weighted by molar-refractivity contribution is 5.46. The standard InChI is InChI=1S/C2H5NO2/c1-2-3(4)5/h2H,1H3,(H,4,5). The first kappa shape index (κ1) is 4.27. The monoisotopic (exact) mass is 75.0 g/mol. The van der Waals surface area contributed by atoms with Crippen LogP contribution in [0.5, 0.6) is 0 Å². The quantitative estimate of drug-likeness (QED) is 0.190. The molecular formula is C2H5NO2. The zero-order valence-electron chi connectivity index (χ0n) is 2.88. The molecule has 0 aliphatic heterocycles. The van der Waals surface area contributed by atoms with Crippen molar-refractivity contribution in [3.8, 4) is 0 Å². The zero-order chi connectivity index (χ0) is 4.28. The predicted molar refractivity (Wildman–Crippen MR) is 17.2 cm³/mol. The first-order chi connectivity index (χ1) is 2.27. The molecule has 30 valence electrons. The van der Waals surface area contributed by atoms with E-state index in [1.54, 1.807) is 0 Å². The van der Waals surface area contributed by atoms with Gasteiger partial charge in [0.25, 0.3) is 0 Å². The van der Waals surface area contributed by atoms with Gasteiger partial charge in [0.2, 0.25) is 6.21 Å². The summed E-state index contributed by atoms with van der Waals surface area (Å²) in [5.41, 5.74) is 0. The highest BCUT2D eigenvalue weighted by Crippen LogP contribution is 1.46. The summed E-state index contributed by atoms with van der Waals surface area (Å²) in [7, 11) is 0. The second kappa shape index (κ2) is 1.58. The molecule has 0 aromatic rings. The van der Waals surface area contributed by atoms with Gasteiger partial charge in [0.1, 0.15) is 0 Å². The molecule has 0 heterocycles. The topological polar surface area (TPSA) is 46.3 Å². The summed E-state index contributed by atoms with van der Waals surface area (Å²) in [6.07, 6.45) is 1.00. The summed E-state index contributed by atoms with van der Waals surface area (Å²) >= 11 is 0. The number of hydrogen-bond donors (Lipinski definition) is 1. The van der Waals surface area contributed by atoms with Crippen molar-refractivity contribution in [2.24, 2.45) is 0 Å². The largest absolute Gasteiger partial charge is 0.418 e. The summed E-state index contributed by atoms with van der Waals surface area (Å²) < 4.78 is 0. The molecule has 0 aromatic carbocycles. The average molecular weight is 75.1 g/mol. The lowest BCUT2D eigenvalue weighted by atomic mass is 10.9. The van der Waals surface area contributed by atoms with Crippen LogP contribution in [0.15, 0.2) is 0 Å². The van der Waals surface area contributed by atoms with E-state index >= 15 is 0 Å². The summed E-state index contributed by atoms with van der Waals surface area (Å²) in [4.78, 5) is -0.250. The van der Waals surface area contributed by atoms with Crippen molar-refractivity contribution < 1.29 is 10.1 Å². The molecule has 0 saturated heterocycles. The Morgan fingerprint density at radius 2 is 2.20 bits per heavy atom. The fourth-order valence-electron chi connectivity index (χ4n) is 0. The van der Waals surface area contributed by atoms with Gasteiger partial charge in [-0.1, -0.05) is 0 Å². The number of nitrogens with zero attached hydrogens (tertiary/aromatic N) is 1. The average Bonchev–Trinajstić information content (AvgIpc) is 1.38. The highest BCUT2D eigenvalue weighted by Gasteiger charge is 1.65. The SMILES string of the molecule is CC=[N+]([O-])O. The number of rotatable bonds is 0. The smallest absolute Gasteiger partial charge is 0.206 e. The Bertz CT molecular complexity index is 45.6. The van der Waals surface area contributed by atoms with E-state index in [-0.39, 0.29) is 4.90 Å². The molecule has 0 fully saturated rings. The van der Waals surface area contributed by atoms with Crippen molar-refractivity contribution >= 4 is 6.21 Å². The third-order valence-electron chi connectivity index (χ3n) is 0.221. The first-order valence-corrected chi connectivity index (χ1v) is 1.22. The van der Waals surface area contributed by atoms with Gasteiger partial charge in [-0.05, 0) is 0 Å². The third-order valence-corrected chi connectivity index (χ3v) is 0.221. The Kier molecular flexibility index (Phi) is 1.35. The van der Waals surface area contributed by atoms with Gasteiger partial charge in [-0.2, -0.15) is 0 Å². The van der Waals surface area contributed by atoms with Crippen molar-refractivity contribution in [2.45, 2.75) is 6.92 Å². The van der Waals surface area contributed by atoms with E-state index in [2.05, 4.69) is 0 Å². The van der Waals surface area contributed by atoms with E-state index in [1.165, 1.54) is 6.92 Å². The van der Waals surface area contributed by atoms with E-state index in [4.69, 9.17) is 5.21 Å². The van der Waals surface area contributed by atoms with Gasteiger partial charge in [0, 0.05) is 11.8 Å². The summed E-state index contributed by atoms with van der Waals surface area (Å²) in [6, 6.07) is 0. The maximum absolute atomic E-state index is 9.23. The van der Waals surface area contributed by atoms with E-state index in [0.29, 0.717) is 0 Å². The number of hydrogen-bond acceptors (Lipinski definition) is 2. The van der Waals surface area contributed by atoms with Crippen LogP contribution in [0, 0.1) is 5.21 Å². The Morgan fingerprint density at radius 1 is 2.00 bits per heavy atom. The van der Waals surface area contributed by atoms with Crippen LogP contribution in [0.3, 0.4) is 0 Å². The van der Waals surface area contributed by atoms with Crippen LogP contribution >= 0.6 is 0 Å². The first-order valence-electron chi connectivity index (χ1n) is 1.22. The second-order valence-electron chi connectivity index (χ2n) is 0.561. The van der Waals surface area contributed by atoms with E-state index in [0.717, 1.165) is 6.21 Å². The second-order valence-corrected chi connectivity index (χ2v) is 0.561. The van der Waals surface area contributed by atoms with E-state index in [1.807, 2.05) is 0 Å². The van der Waals surface area contributed by atoms with Crippen LogP contribution in [-0.4, -0.2) is 16.3 Å². The summed E-state index contributed by atoms with van der Waals surface area (Å²) in [5.74, 6) is 0. The van der Waals surface area contributed by atoms with E-state index in [9.17, 15) is 5.21 Å². The lowest BCUT2D eigenvalue weighted by Gasteiger charge is -1.75. The van der Waals surface area contributed by atoms with Crippen molar-refractivity contribution in [1.29, 1.82) is 0 Å². The van der Waals surface area contributed by atoms with Gasteiger partial charge in [-0.3, -0.25) is 5.21 Å². The molecule has 0 aromatic heterocycles. The molecule has 1 N–H and O–H groups in total.